The molecule has 12 heavy (non-hydrogen) atoms. The van der Waals surface area contributed by atoms with Gasteiger partial charge in [0.25, 0.3) is 0 Å². The summed E-state index contributed by atoms with van der Waals surface area (Å²) in [6, 6.07) is 0. The van der Waals surface area contributed by atoms with Crippen LogP contribution in [0.4, 0.5) is 0 Å². The van der Waals surface area contributed by atoms with E-state index in [0.29, 0.717) is 6.42 Å². The van der Waals surface area contributed by atoms with Gasteiger partial charge in [0.1, 0.15) is 5.54 Å². The highest BCUT2D eigenvalue weighted by molar-refractivity contribution is 5.85. The minimum atomic E-state index is -0.938. The predicted octanol–water partition coefficient (Wildman–Crippen LogP) is -0.242. The molecule has 1 saturated carbocycles. The molecule has 0 aromatic carbocycles. The quantitative estimate of drug-likeness (QED) is 0.603. The largest absolute Gasteiger partial charge is 0.379 e. The molecular formula is C8H16N2O2. The van der Waals surface area contributed by atoms with Crippen LogP contribution in [0.3, 0.4) is 0 Å². The van der Waals surface area contributed by atoms with E-state index in [1.807, 2.05) is 0 Å². The van der Waals surface area contributed by atoms with E-state index >= 15 is 0 Å². The maximum atomic E-state index is 11.1. The summed E-state index contributed by atoms with van der Waals surface area (Å²) in [5.41, 5.74) is 10.1. The van der Waals surface area contributed by atoms with Crippen LogP contribution in [0.5, 0.6) is 0 Å². The minimum absolute atomic E-state index is 0.205. The average Bonchev–Trinajstić information content (AvgIpc) is 2.05. The summed E-state index contributed by atoms with van der Waals surface area (Å²) >= 11 is 0. The van der Waals surface area contributed by atoms with Gasteiger partial charge in [0, 0.05) is 7.11 Å². The average molecular weight is 172 g/mol. The smallest absolute Gasteiger partial charge is 0.240 e. The zero-order valence-corrected chi connectivity index (χ0v) is 7.38. The molecular weight excluding hydrogens is 156 g/mol. The number of nitrogens with two attached hydrogens (primary N) is 2. The molecule has 0 aliphatic heterocycles. The molecule has 1 rings (SSSR count). The Morgan fingerprint density at radius 2 is 2.25 bits per heavy atom. The third-order valence-electron chi connectivity index (χ3n) is 2.62. The fraction of sp³-hybridized carbons (Fsp3) is 0.875. The first kappa shape index (κ1) is 9.48. The molecule has 4 nitrogen and oxygen atoms in total. The van der Waals surface area contributed by atoms with Crippen LogP contribution in [0, 0.1) is 0 Å². The van der Waals surface area contributed by atoms with Gasteiger partial charge in [-0.25, -0.2) is 0 Å². The van der Waals surface area contributed by atoms with Crippen molar-refractivity contribution < 1.29 is 9.53 Å². The van der Waals surface area contributed by atoms with Crippen molar-refractivity contribution in [2.45, 2.75) is 37.3 Å². The Hall–Kier alpha value is -0.610. The lowest BCUT2D eigenvalue weighted by molar-refractivity contribution is -0.130. The summed E-state index contributed by atoms with van der Waals surface area (Å²) in [4.78, 5) is 11.1. The molecule has 70 valence electrons. The molecule has 1 amide bonds. The number of carbonyl (C=O) groups excluding carboxylic acids is 1. The zero-order chi connectivity index (χ0) is 9.19. The summed E-state index contributed by atoms with van der Waals surface area (Å²) in [6.07, 6.45) is 3.28. The van der Waals surface area contributed by atoms with Gasteiger partial charge in [-0.3, -0.25) is 4.79 Å². The highest BCUT2D eigenvalue weighted by Crippen LogP contribution is 2.27. The fourth-order valence-corrected chi connectivity index (χ4v) is 1.78. The molecule has 0 radical (unpaired) electrons. The van der Waals surface area contributed by atoms with Crippen LogP contribution in [0.25, 0.3) is 0 Å². The summed E-state index contributed by atoms with van der Waals surface area (Å²) in [7, 11) is 1.57. The van der Waals surface area contributed by atoms with Crippen LogP contribution >= 0.6 is 0 Å². The minimum Gasteiger partial charge on any atom is -0.379 e. The second kappa shape index (κ2) is 3.41. The van der Waals surface area contributed by atoms with Gasteiger partial charge in [0.05, 0.1) is 6.10 Å². The number of primary amides is 1. The molecule has 4 N–H and O–H groups in total. The van der Waals surface area contributed by atoms with Gasteiger partial charge in [0.2, 0.25) is 5.91 Å². The first-order chi connectivity index (χ1) is 5.61. The van der Waals surface area contributed by atoms with Crippen molar-refractivity contribution in [1.82, 2.24) is 0 Å². The second-order valence-electron chi connectivity index (χ2n) is 3.37. The molecule has 0 saturated heterocycles. The van der Waals surface area contributed by atoms with Gasteiger partial charge < -0.3 is 16.2 Å². The van der Waals surface area contributed by atoms with Crippen LogP contribution in [-0.4, -0.2) is 24.7 Å². The van der Waals surface area contributed by atoms with E-state index in [4.69, 9.17) is 16.2 Å². The Morgan fingerprint density at radius 1 is 1.58 bits per heavy atom. The van der Waals surface area contributed by atoms with Crippen LogP contribution in [0.15, 0.2) is 0 Å². The Labute approximate surface area is 72.2 Å². The standard InChI is InChI=1S/C8H16N2O2/c1-12-6-4-2-3-5-8(6,10)7(9)11/h6H,2-5,10H2,1H3,(H2,9,11). The van der Waals surface area contributed by atoms with E-state index in [2.05, 4.69) is 0 Å². The monoisotopic (exact) mass is 172 g/mol. The van der Waals surface area contributed by atoms with Gasteiger partial charge in [-0.2, -0.15) is 0 Å². The van der Waals surface area contributed by atoms with Gasteiger partial charge >= 0.3 is 0 Å². The topological polar surface area (TPSA) is 78.3 Å². The lowest BCUT2D eigenvalue weighted by Crippen LogP contribution is -2.62. The van der Waals surface area contributed by atoms with E-state index in [1.165, 1.54) is 0 Å². The normalized spacial score (nSPS) is 36.3. The van der Waals surface area contributed by atoms with Gasteiger partial charge in [-0.05, 0) is 12.8 Å². The molecule has 1 fully saturated rings. The molecule has 2 atom stereocenters. The summed E-state index contributed by atoms with van der Waals surface area (Å²) in [5, 5.41) is 0. The molecule has 1 aliphatic carbocycles. The van der Waals surface area contributed by atoms with Gasteiger partial charge in [-0.15, -0.1) is 0 Å². The van der Waals surface area contributed by atoms with Crippen molar-refractivity contribution in [2.24, 2.45) is 11.5 Å². The first-order valence-electron chi connectivity index (χ1n) is 4.23. The SMILES string of the molecule is COC1CCCCC1(N)C(N)=O. The third kappa shape index (κ3) is 1.44. The highest BCUT2D eigenvalue weighted by Gasteiger charge is 2.42. The summed E-state index contributed by atoms with van der Waals surface area (Å²) < 4.78 is 5.14. The van der Waals surface area contributed by atoms with Crippen molar-refractivity contribution in [1.29, 1.82) is 0 Å². The Balaban J connectivity index is 2.75. The summed E-state index contributed by atoms with van der Waals surface area (Å²) in [6.45, 7) is 0. The second-order valence-corrected chi connectivity index (χ2v) is 3.37. The highest BCUT2D eigenvalue weighted by atomic mass is 16.5. The fourth-order valence-electron chi connectivity index (χ4n) is 1.78. The number of hydrogen-bond acceptors (Lipinski definition) is 3. The van der Waals surface area contributed by atoms with Gasteiger partial charge in [0.15, 0.2) is 0 Å². The predicted molar refractivity (Wildman–Crippen MR) is 45.4 cm³/mol. The van der Waals surface area contributed by atoms with Crippen molar-refractivity contribution >= 4 is 5.91 Å². The Kier molecular flexibility index (Phi) is 2.69. The molecule has 2 unspecified atom stereocenters. The maximum absolute atomic E-state index is 11.1. The molecule has 0 heterocycles. The van der Waals surface area contributed by atoms with E-state index in [0.717, 1.165) is 19.3 Å². The number of ether oxygens (including phenoxy) is 1. The lowest BCUT2D eigenvalue weighted by atomic mass is 9.79. The van der Waals surface area contributed by atoms with Crippen LogP contribution < -0.4 is 11.5 Å². The van der Waals surface area contributed by atoms with E-state index < -0.39 is 11.4 Å². The van der Waals surface area contributed by atoms with E-state index in [9.17, 15) is 4.79 Å². The Morgan fingerprint density at radius 3 is 2.67 bits per heavy atom. The third-order valence-corrected chi connectivity index (χ3v) is 2.62. The number of amides is 1. The zero-order valence-electron chi connectivity index (χ0n) is 7.38. The molecule has 0 spiro atoms. The van der Waals surface area contributed by atoms with E-state index in [-0.39, 0.29) is 6.10 Å². The maximum Gasteiger partial charge on any atom is 0.240 e. The lowest BCUT2D eigenvalue weighted by Gasteiger charge is -2.37. The van der Waals surface area contributed by atoms with Crippen molar-refractivity contribution in [3.8, 4) is 0 Å². The van der Waals surface area contributed by atoms with Crippen LogP contribution in [0.2, 0.25) is 0 Å². The van der Waals surface area contributed by atoms with E-state index in [1.54, 1.807) is 7.11 Å². The van der Waals surface area contributed by atoms with Crippen molar-refractivity contribution in [3.63, 3.8) is 0 Å². The van der Waals surface area contributed by atoms with Crippen molar-refractivity contribution in [2.75, 3.05) is 7.11 Å². The Bertz CT molecular complexity index is 184. The number of carbonyl (C=O) groups is 1. The molecule has 0 bridgehead atoms. The molecule has 0 aromatic heterocycles. The van der Waals surface area contributed by atoms with Crippen LogP contribution in [-0.2, 0) is 9.53 Å². The first-order valence-corrected chi connectivity index (χ1v) is 4.23. The molecule has 4 heteroatoms. The van der Waals surface area contributed by atoms with Crippen molar-refractivity contribution in [3.05, 3.63) is 0 Å². The van der Waals surface area contributed by atoms with Gasteiger partial charge in [-0.1, -0.05) is 12.8 Å². The number of methoxy groups -OCH3 is 1. The summed E-state index contributed by atoms with van der Waals surface area (Å²) in [5.74, 6) is -0.450. The number of hydrogen-bond donors (Lipinski definition) is 2. The molecule has 0 aromatic rings. The number of rotatable bonds is 2. The van der Waals surface area contributed by atoms with Crippen LogP contribution in [0.1, 0.15) is 25.7 Å². The molecule has 1 aliphatic rings.